The van der Waals surface area contributed by atoms with Gasteiger partial charge in [-0.3, -0.25) is 0 Å². The van der Waals surface area contributed by atoms with E-state index >= 15 is 0 Å². The summed E-state index contributed by atoms with van der Waals surface area (Å²) in [5.74, 6) is 0.480. The first-order valence-corrected chi connectivity index (χ1v) is 12.8. The fourth-order valence-corrected chi connectivity index (χ4v) is 4.27. The van der Waals surface area contributed by atoms with E-state index in [0.29, 0.717) is 17.9 Å². The number of phenolic OH excluding ortho intramolecular Hbond substituents is 2. The molecular weight excluding hydrogens is 432 g/mol. The lowest BCUT2D eigenvalue weighted by molar-refractivity contribution is 0.440. The van der Waals surface area contributed by atoms with E-state index < -0.39 is 0 Å². The van der Waals surface area contributed by atoms with Crippen LogP contribution in [0.3, 0.4) is 0 Å². The lowest BCUT2D eigenvalue weighted by Gasteiger charge is -2.35. The fourth-order valence-electron chi connectivity index (χ4n) is 4.27. The summed E-state index contributed by atoms with van der Waals surface area (Å²) in [6.07, 6.45) is 0. The van der Waals surface area contributed by atoms with E-state index in [0.717, 1.165) is 22.3 Å². The van der Waals surface area contributed by atoms with Crippen molar-refractivity contribution in [2.45, 2.75) is 118 Å². The monoisotopic (exact) mass is 482 g/mol. The third-order valence-electron chi connectivity index (χ3n) is 6.58. The van der Waals surface area contributed by atoms with Crippen molar-refractivity contribution in [1.82, 2.24) is 0 Å². The van der Waals surface area contributed by atoms with Crippen LogP contribution in [-0.4, -0.2) is 22.8 Å². The second-order valence-corrected chi connectivity index (χ2v) is 14.4. The molecule has 0 fully saturated rings. The molecule has 0 spiro atoms. The zero-order valence-electron chi connectivity index (χ0n) is 24.5. The molecule has 4 heteroatoms. The van der Waals surface area contributed by atoms with Crippen LogP contribution in [0.1, 0.15) is 112 Å². The Hall–Kier alpha value is -2.20. The number of anilines is 2. The molecule has 2 aromatic rings. The molecule has 1 unspecified atom stereocenters. The van der Waals surface area contributed by atoms with E-state index in [2.05, 4.69) is 107 Å². The molecule has 0 saturated heterocycles. The van der Waals surface area contributed by atoms with E-state index in [1.54, 1.807) is 0 Å². The molecule has 4 N–H and O–H groups in total. The van der Waals surface area contributed by atoms with Crippen molar-refractivity contribution in [3.8, 4) is 11.5 Å². The normalized spacial score (nSPS) is 14.2. The van der Waals surface area contributed by atoms with Crippen LogP contribution in [0.4, 0.5) is 11.4 Å². The summed E-state index contributed by atoms with van der Waals surface area (Å²) in [4.78, 5) is 2.02. The average Bonchev–Trinajstić information content (AvgIpc) is 2.63. The Morgan fingerprint density at radius 2 is 0.943 bits per heavy atom. The minimum Gasteiger partial charge on any atom is -0.505 e. The number of rotatable bonds is 4. The highest BCUT2D eigenvalue weighted by atomic mass is 16.3. The maximum absolute atomic E-state index is 11.6. The van der Waals surface area contributed by atoms with Gasteiger partial charge < -0.3 is 20.8 Å². The summed E-state index contributed by atoms with van der Waals surface area (Å²) in [5.41, 5.74) is 11.0. The second kappa shape index (κ2) is 9.35. The SMILES string of the molecule is CC(N)CN(c1cc(C(C)(C)C)cc(C(C)(C)C)c1O)c1cc(C(C)(C)C)cc(C(C)(C)C)c1O. The number of nitrogens with zero attached hydrogens (tertiary/aromatic N) is 1. The first-order valence-electron chi connectivity index (χ1n) is 12.8. The Labute approximate surface area is 214 Å². The van der Waals surface area contributed by atoms with Gasteiger partial charge in [-0.05, 0) is 51.8 Å². The van der Waals surface area contributed by atoms with Gasteiger partial charge in [-0.15, -0.1) is 0 Å². The van der Waals surface area contributed by atoms with E-state index in [1.807, 2.05) is 11.8 Å². The van der Waals surface area contributed by atoms with Crippen LogP contribution in [-0.2, 0) is 21.7 Å². The van der Waals surface area contributed by atoms with Gasteiger partial charge in [0.05, 0.1) is 11.4 Å². The third-order valence-corrected chi connectivity index (χ3v) is 6.58. The molecule has 2 aromatic carbocycles. The van der Waals surface area contributed by atoms with Crippen LogP contribution < -0.4 is 10.6 Å². The molecule has 1 atom stereocenters. The molecule has 0 heterocycles. The van der Waals surface area contributed by atoms with Crippen molar-refractivity contribution >= 4 is 11.4 Å². The van der Waals surface area contributed by atoms with Crippen LogP contribution in [0.2, 0.25) is 0 Å². The minimum atomic E-state index is -0.258. The second-order valence-electron chi connectivity index (χ2n) is 14.4. The molecule has 35 heavy (non-hydrogen) atoms. The highest BCUT2D eigenvalue weighted by molar-refractivity contribution is 5.78. The molecule has 196 valence electrons. The van der Waals surface area contributed by atoms with Crippen LogP contribution in [0.5, 0.6) is 11.5 Å². The summed E-state index contributed by atoms with van der Waals surface area (Å²) in [6.45, 7) is 28.2. The number of hydrogen-bond donors (Lipinski definition) is 3. The molecule has 4 nitrogen and oxygen atoms in total. The molecule has 0 aliphatic carbocycles. The average molecular weight is 483 g/mol. The summed E-state index contributed by atoms with van der Waals surface area (Å²) in [5, 5.41) is 23.3. The van der Waals surface area contributed by atoms with E-state index in [4.69, 9.17) is 5.73 Å². The van der Waals surface area contributed by atoms with Crippen LogP contribution in [0, 0.1) is 0 Å². The first-order chi connectivity index (χ1) is 15.5. The maximum atomic E-state index is 11.6. The first kappa shape index (κ1) is 29.0. The molecule has 0 saturated carbocycles. The Balaban J connectivity index is 3.04. The molecule has 0 amide bonds. The summed E-state index contributed by atoms with van der Waals surface area (Å²) in [6, 6.07) is 8.19. The van der Waals surface area contributed by atoms with Crippen molar-refractivity contribution in [2.75, 3.05) is 11.4 Å². The number of benzene rings is 2. The molecule has 0 radical (unpaired) electrons. The van der Waals surface area contributed by atoms with Crippen molar-refractivity contribution in [2.24, 2.45) is 5.73 Å². The van der Waals surface area contributed by atoms with Crippen LogP contribution >= 0.6 is 0 Å². The summed E-state index contributed by atoms with van der Waals surface area (Å²) >= 11 is 0. The van der Waals surface area contributed by atoms with Gasteiger partial charge >= 0.3 is 0 Å². The summed E-state index contributed by atoms with van der Waals surface area (Å²) < 4.78 is 0. The zero-order chi connectivity index (χ0) is 27.3. The Bertz CT molecular complexity index is 974. The van der Waals surface area contributed by atoms with Crippen molar-refractivity contribution in [1.29, 1.82) is 0 Å². The molecule has 0 aromatic heterocycles. The highest BCUT2D eigenvalue weighted by Crippen LogP contribution is 2.48. The molecule has 0 aliphatic rings. The highest BCUT2D eigenvalue weighted by Gasteiger charge is 2.31. The van der Waals surface area contributed by atoms with E-state index in [1.165, 1.54) is 0 Å². The predicted octanol–water partition coefficient (Wildman–Crippen LogP) is 7.77. The van der Waals surface area contributed by atoms with Crippen molar-refractivity contribution in [3.05, 3.63) is 46.5 Å². The Morgan fingerprint density at radius 3 is 1.17 bits per heavy atom. The topological polar surface area (TPSA) is 69.7 Å². The van der Waals surface area contributed by atoms with Crippen LogP contribution in [0.25, 0.3) is 0 Å². The Kier molecular flexibility index (Phi) is 7.76. The molecule has 0 aliphatic heterocycles. The standard InChI is InChI=1S/C31H50N2O2/c1-19(32)18-33(24-16-20(28(2,3)4)14-22(26(24)34)30(8,9)10)25-17-21(29(5,6)7)15-23(27(25)35)31(11,12)13/h14-17,19,34-35H,18,32H2,1-13H3. The van der Waals surface area contributed by atoms with Gasteiger partial charge in [0.15, 0.2) is 0 Å². The number of phenols is 2. The smallest absolute Gasteiger partial charge is 0.142 e. The van der Waals surface area contributed by atoms with Gasteiger partial charge in [-0.2, -0.15) is 0 Å². The third kappa shape index (κ3) is 6.52. The van der Waals surface area contributed by atoms with E-state index in [-0.39, 0.29) is 39.2 Å². The number of aromatic hydroxyl groups is 2. The molecular formula is C31H50N2O2. The van der Waals surface area contributed by atoms with E-state index in [9.17, 15) is 10.2 Å². The van der Waals surface area contributed by atoms with Gasteiger partial charge in [0, 0.05) is 23.7 Å². The quantitative estimate of drug-likeness (QED) is 0.416. The lowest BCUT2D eigenvalue weighted by atomic mass is 9.78. The van der Waals surface area contributed by atoms with Gasteiger partial charge in [-0.25, -0.2) is 0 Å². The fraction of sp³-hybridized carbons (Fsp3) is 0.613. The Morgan fingerprint density at radius 1 is 0.629 bits per heavy atom. The van der Waals surface area contributed by atoms with Gasteiger partial charge in [0.25, 0.3) is 0 Å². The molecule has 0 bridgehead atoms. The zero-order valence-corrected chi connectivity index (χ0v) is 24.5. The number of nitrogens with two attached hydrogens (primary N) is 1. The van der Waals surface area contributed by atoms with Gasteiger partial charge in [-0.1, -0.05) is 95.2 Å². The summed E-state index contributed by atoms with van der Waals surface area (Å²) in [7, 11) is 0. The largest absolute Gasteiger partial charge is 0.505 e. The lowest BCUT2D eigenvalue weighted by Crippen LogP contribution is -2.33. The van der Waals surface area contributed by atoms with Crippen molar-refractivity contribution < 1.29 is 10.2 Å². The number of hydrogen-bond acceptors (Lipinski definition) is 4. The van der Waals surface area contributed by atoms with Crippen LogP contribution in [0.15, 0.2) is 24.3 Å². The predicted molar refractivity (Wildman–Crippen MR) is 152 cm³/mol. The van der Waals surface area contributed by atoms with Gasteiger partial charge in [0.2, 0.25) is 0 Å². The van der Waals surface area contributed by atoms with Crippen molar-refractivity contribution in [3.63, 3.8) is 0 Å². The maximum Gasteiger partial charge on any atom is 0.142 e. The van der Waals surface area contributed by atoms with Gasteiger partial charge in [0.1, 0.15) is 11.5 Å². The molecule has 2 rings (SSSR count). The minimum absolute atomic E-state index is 0.117.